The van der Waals surface area contributed by atoms with Crippen molar-refractivity contribution in [2.45, 2.75) is 12.8 Å². The van der Waals surface area contributed by atoms with Crippen molar-refractivity contribution in [2.24, 2.45) is 5.92 Å². The van der Waals surface area contributed by atoms with Gasteiger partial charge in [-0.05, 0) is 25.0 Å². The van der Waals surface area contributed by atoms with Gasteiger partial charge in [-0.1, -0.05) is 0 Å². The highest BCUT2D eigenvalue weighted by atomic mass is 16.1. The molecule has 1 aliphatic rings. The van der Waals surface area contributed by atoms with Crippen molar-refractivity contribution < 1.29 is 4.79 Å². The number of nitrogen functional groups attached to an aromatic ring is 1. The molecule has 0 spiro atoms. The Morgan fingerprint density at radius 1 is 1.53 bits per heavy atom. The molecular formula is C12H18N4O. The first-order valence-corrected chi connectivity index (χ1v) is 5.89. The zero-order chi connectivity index (χ0) is 12.3. The fourth-order valence-corrected chi connectivity index (χ4v) is 2.23. The van der Waals surface area contributed by atoms with E-state index in [4.69, 9.17) is 5.73 Å². The molecule has 0 unspecified atom stereocenters. The number of carbonyl (C=O) groups excluding carboxylic acids is 1. The number of hydrogen-bond acceptors (Lipinski definition) is 4. The highest BCUT2D eigenvalue weighted by Gasteiger charge is 2.25. The number of pyridine rings is 1. The van der Waals surface area contributed by atoms with E-state index < -0.39 is 0 Å². The van der Waals surface area contributed by atoms with Gasteiger partial charge < -0.3 is 16.0 Å². The van der Waals surface area contributed by atoms with E-state index >= 15 is 0 Å². The molecule has 0 saturated carbocycles. The largest absolute Gasteiger partial charge is 0.396 e. The van der Waals surface area contributed by atoms with Gasteiger partial charge in [-0.25, -0.2) is 4.98 Å². The number of rotatable bonds is 2. The Labute approximate surface area is 101 Å². The molecule has 1 aliphatic heterocycles. The van der Waals surface area contributed by atoms with Crippen LogP contribution in [0.2, 0.25) is 0 Å². The maximum atomic E-state index is 11.5. The standard InChI is InChI=1S/C12H18N4O/c1-14-12(17)9-4-7-16(8-5-9)11-10(13)3-2-6-15-11/h2-3,6,9H,4-5,7-8,13H2,1H3,(H,14,17). The molecule has 1 saturated heterocycles. The second-order valence-electron chi connectivity index (χ2n) is 4.29. The molecule has 92 valence electrons. The van der Waals surface area contributed by atoms with Gasteiger partial charge in [0.05, 0.1) is 5.69 Å². The van der Waals surface area contributed by atoms with E-state index in [1.165, 1.54) is 0 Å². The van der Waals surface area contributed by atoms with Gasteiger partial charge in [0.1, 0.15) is 0 Å². The third kappa shape index (κ3) is 2.49. The summed E-state index contributed by atoms with van der Waals surface area (Å²) in [4.78, 5) is 17.9. The highest BCUT2D eigenvalue weighted by Crippen LogP contribution is 2.25. The maximum absolute atomic E-state index is 11.5. The van der Waals surface area contributed by atoms with Crippen LogP contribution in [0.5, 0.6) is 0 Å². The van der Waals surface area contributed by atoms with Gasteiger partial charge in [-0.2, -0.15) is 0 Å². The summed E-state index contributed by atoms with van der Waals surface area (Å²) < 4.78 is 0. The Morgan fingerprint density at radius 3 is 2.82 bits per heavy atom. The molecule has 1 aromatic heterocycles. The van der Waals surface area contributed by atoms with Crippen molar-refractivity contribution in [3.8, 4) is 0 Å². The Bertz CT molecular complexity index is 399. The zero-order valence-electron chi connectivity index (χ0n) is 10.0. The van der Waals surface area contributed by atoms with E-state index in [0.717, 1.165) is 31.7 Å². The number of piperidine rings is 1. The van der Waals surface area contributed by atoms with Crippen LogP contribution in [0.1, 0.15) is 12.8 Å². The molecule has 5 heteroatoms. The first-order chi connectivity index (χ1) is 8.22. The molecule has 0 radical (unpaired) electrons. The van der Waals surface area contributed by atoms with Gasteiger partial charge in [0.2, 0.25) is 5.91 Å². The topological polar surface area (TPSA) is 71.2 Å². The molecule has 0 bridgehead atoms. The van der Waals surface area contributed by atoms with Gasteiger partial charge >= 0.3 is 0 Å². The minimum absolute atomic E-state index is 0.126. The molecule has 1 fully saturated rings. The minimum Gasteiger partial charge on any atom is -0.396 e. The Morgan fingerprint density at radius 2 is 2.24 bits per heavy atom. The van der Waals surface area contributed by atoms with Crippen LogP contribution in [-0.4, -0.2) is 31.0 Å². The van der Waals surface area contributed by atoms with Crippen LogP contribution in [0.4, 0.5) is 11.5 Å². The normalized spacial score (nSPS) is 16.9. The SMILES string of the molecule is CNC(=O)C1CCN(c2ncccc2N)CC1. The molecule has 0 atom stereocenters. The van der Waals surface area contributed by atoms with E-state index in [9.17, 15) is 4.79 Å². The van der Waals surface area contributed by atoms with Crippen LogP contribution >= 0.6 is 0 Å². The molecule has 1 amide bonds. The average Bonchev–Trinajstić information content (AvgIpc) is 2.39. The maximum Gasteiger partial charge on any atom is 0.222 e. The average molecular weight is 234 g/mol. The number of nitrogens with one attached hydrogen (secondary N) is 1. The van der Waals surface area contributed by atoms with Gasteiger partial charge in [0, 0.05) is 32.3 Å². The molecule has 2 rings (SSSR count). The first-order valence-electron chi connectivity index (χ1n) is 5.89. The molecule has 2 heterocycles. The molecule has 17 heavy (non-hydrogen) atoms. The predicted octanol–water partition coefficient (Wildman–Crippen LogP) is 0.626. The molecular weight excluding hydrogens is 216 g/mol. The van der Waals surface area contributed by atoms with E-state index in [1.54, 1.807) is 13.2 Å². The van der Waals surface area contributed by atoms with Gasteiger partial charge in [-0.3, -0.25) is 4.79 Å². The quantitative estimate of drug-likeness (QED) is 0.787. The van der Waals surface area contributed by atoms with Crippen molar-refractivity contribution in [3.05, 3.63) is 18.3 Å². The molecule has 5 nitrogen and oxygen atoms in total. The number of amides is 1. The third-order valence-electron chi connectivity index (χ3n) is 3.23. The summed E-state index contributed by atoms with van der Waals surface area (Å²) in [6, 6.07) is 3.68. The summed E-state index contributed by atoms with van der Waals surface area (Å²) in [6.07, 6.45) is 3.46. The Kier molecular flexibility index (Phi) is 3.46. The van der Waals surface area contributed by atoms with Crippen molar-refractivity contribution in [2.75, 3.05) is 30.8 Å². The van der Waals surface area contributed by atoms with Crippen molar-refractivity contribution >= 4 is 17.4 Å². The lowest BCUT2D eigenvalue weighted by atomic mass is 9.96. The van der Waals surface area contributed by atoms with Crippen molar-refractivity contribution in [3.63, 3.8) is 0 Å². The zero-order valence-corrected chi connectivity index (χ0v) is 10.0. The summed E-state index contributed by atoms with van der Waals surface area (Å²) in [7, 11) is 1.69. The van der Waals surface area contributed by atoms with Crippen LogP contribution < -0.4 is 16.0 Å². The van der Waals surface area contributed by atoms with Crippen LogP contribution in [0.25, 0.3) is 0 Å². The summed E-state index contributed by atoms with van der Waals surface area (Å²) in [5, 5.41) is 2.70. The fraction of sp³-hybridized carbons (Fsp3) is 0.500. The fourth-order valence-electron chi connectivity index (χ4n) is 2.23. The van der Waals surface area contributed by atoms with Crippen LogP contribution in [-0.2, 0) is 4.79 Å². The number of nitrogens with two attached hydrogens (primary N) is 1. The Balaban J connectivity index is 2.00. The van der Waals surface area contributed by atoms with E-state index in [2.05, 4.69) is 15.2 Å². The second-order valence-corrected chi connectivity index (χ2v) is 4.29. The number of hydrogen-bond donors (Lipinski definition) is 2. The Hall–Kier alpha value is -1.78. The van der Waals surface area contributed by atoms with Crippen molar-refractivity contribution in [1.82, 2.24) is 10.3 Å². The lowest BCUT2D eigenvalue weighted by molar-refractivity contribution is -0.125. The first kappa shape index (κ1) is 11.7. The number of anilines is 2. The molecule has 1 aromatic rings. The predicted molar refractivity (Wildman–Crippen MR) is 67.7 cm³/mol. The van der Waals surface area contributed by atoms with Crippen LogP contribution in [0.3, 0.4) is 0 Å². The summed E-state index contributed by atoms with van der Waals surface area (Å²) >= 11 is 0. The van der Waals surface area contributed by atoms with E-state index in [0.29, 0.717) is 5.69 Å². The van der Waals surface area contributed by atoms with E-state index in [1.807, 2.05) is 12.1 Å². The van der Waals surface area contributed by atoms with Crippen LogP contribution in [0.15, 0.2) is 18.3 Å². The van der Waals surface area contributed by atoms with Crippen molar-refractivity contribution in [1.29, 1.82) is 0 Å². The smallest absolute Gasteiger partial charge is 0.222 e. The molecule has 0 aliphatic carbocycles. The summed E-state index contributed by atoms with van der Waals surface area (Å²) in [5.41, 5.74) is 6.59. The van der Waals surface area contributed by atoms with Gasteiger partial charge in [0.15, 0.2) is 5.82 Å². The second kappa shape index (κ2) is 5.03. The third-order valence-corrected chi connectivity index (χ3v) is 3.23. The minimum atomic E-state index is 0.126. The lowest BCUT2D eigenvalue weighted by Gasteiger charge is -2.32. The number of carbonyl (C=O) groups is 1. The number of aromatic nitrogens is 1. The summed E-state index contributed by atoms with van der Waals surface area (Å²) in [6.45, 7) is 1.67. The van der Waals surface area contributed by atoms with E-state index in [-0.39, 0.29) is 11.8 Å². The molecule has 3 N–H and O–H groups in total. The molecule has 0 aromatic carbocycles. The lowest BCUT2D eigenvalue weighted by Crippen LogP contribution is -2.40. The van der Waals surface area contributed by atoms with Gasteiger partial charge in [-0.15, -0.1) is 0 Å². The van der Waals surface area contributed by atoms with Crippen LogP contribution in [0, 0.1) is 5.92 Å². The number of nitrogens with zero attached hydrogens (tertiary/aromatic N) is 2. The van der Waals surface area contributed by atoms with Gasteiger partial charge in [0.25, 0.3) is 0 Å². The summed E-state index contributed by atoms with van der Waals surface area (Å²) in [5.74, 6) is 1.10. The monoisotopic (exact) mass is 234 g/mol. The highest BCUT2D eigenvalue weighted by molar-refractivity contribution is 5.78.